The molecule has 1 aromatic rings. The first kappa shape index (κ1) is 13.0. The van der Waals surface area contributed by atoms with E-state index in [1.54, 1.807) is 0 Å². The largest absolute Gasteiger partial charge is 0.371 e. The zero-order valence-corrected chi connectivity index (χ0v) is 10.8. The Hall–Kier alpha value is -1.02. The predicted molar refractivity (Wildman–Crippen MR) is 72.1 cm³/mol. The second-order valence-electron chi connectivity index (χ2n) is 4.22. The van der Waals surface area contributed by atoms with Crippen LogP contribution < -0.4 is 4.90 Å². The number of para-hydroxylation sites is 1. The summed E-state index contributed by atoms with van der Waals surface area (Å²) in [5, 5.41) is 0. The van der Waals surface area contributed by atoms with Gasteiger partial charge in [-0.1, -0.05) is 25.1 Å². The van der Waals surface area contributed by atoms with Crippen LogP contribution in [0.25, 0.3) is 0 Å². The fourth-order valence-electron chi connectivity index (χ4n) is 1.89. The normalized spacial score (nSPS) is 10.8. The Kier molecular flexibility index (Phi) is 5.94. The minimum absolute atomic E-state index is 1.07. The minimum Gasteiger partial charge on any atom is -0.371 e. The van der Waals surface area contributed by atoms with E-state index in [1.165, 1.54) is 18.7 Å². The molecule has 0 aliphatic rings. The maximum Gasteiger partial charge on any atom is 0.0366 e. The van der Waals surface area contributed by atoms with E-state index < -0.39 is 0 Å². The van der Waals surface area contributed by atoms with E-state index >= 15 is 0 Å². The van der Waals surface area contributed by atoms with Crippen LogP contribution in [0.15, 0.2) is 30.3 Å². The molecule has 16 heavy (non-hydrogen) atoms. The van der Waals surface area contributed by atoms with E-state index in [0.29, 0.717) is 0 Å². The first-order valence-electron chi connectivity index (χ1n) is 6.26. The van der Waals surface area contributed by atoms with Gasteiger partial charge in [-0.25, -0.2) is 0 Å². The molecule has 0 spiro atoms. The van der Waals surface area contributed by atoms with Gasteiger partial charge in [-0.3, -0.25) is 0 Å². The molecule has 0 radical (unpaired) electrons. The monoisotopic (exact) mass is 220 g/mol. The Labute approximate surface area is 99.9 Å². The summed E-state index contributed by atoms with van der Waals surface area (Å²) >= 11 is 0. The molecule has 0 saturated carbocycles. The van der Waals surface area contributed by atoms with Crippen molar-refractivity contribution >= 4 is 5.69 Å². The summed E-state index contributed by atoms with van der Waals surface area (Å²) in [5.74, 6) is 0. The first-order chi connectivity index (χ1) is 7.77. The standard InChI is InChI=1S/C14H24N2/c1-4-11-15(3)12-13-16(5-2)14-9-7-6-8-10-14/h6-10H,4-5,11-13H2,1-3H3. The van der Waals surface area contributed by atoms with Crippen LogP contribution in [-0.2, 0) is 0 Å². The predicted octanol–water partition coefficient (Wildman–Crippen LogP) is 2.85. The van der Waals surface area contributed by atoms with Crippen LogP contribution in [0, 0.1) is 0 Å². The van der Waals surface area contributed by atoms with Crippen molar-refractivity contribution in [3.63, 3.8) is 0 Å². The van der Waals surface area contributed by atoms with Crippen molar-refractivity contribution in [1.82, 2.24) is 4.90 Å². The molecule has 0 heterocycles. The van der Waals surface area contributed by atoms with Gasteiger partial charge in [0.25, 0.3) is 0 Å². The Balaban J connectivity index is 2.44. The molecular formula is C14H24N2. The summed E-state index contributed by atoms with van der Waals surface area (Å²) in [5.41, 5.74) is 1.33. The number of rotatable bonds is 7. The minimum atomic E-state index is 1.07. The van der Waals surface area contributed by atoms with Gasteiger partial charge in [0.2, 0.25) is 0 Å². The van der Waals surface area contributed by atoms with Gasteiger partial charge in [0.15, 0.2) is 0 Å². The van der Waals surface area contributed by atoms with Crippen LogP contribution in [0.3, 0.4) is 0 Å². The molecule has 2 heteroatoms. The lowest BCUT2D eigenvalue weighted by Gasteiger charge is -2.26. The summed E-state index contributed by atoms with van der Waals surface area (Å²) in [7, 11) is 2.20. The molecule has 0 bridgehead atoms. The average molecular weight is 220 g/mol. The van der Waals surface area contributed by atoms with E-state index in [2.05, 4.69) is 61.0 Å². The summed E-state index contributed by atoms with van der Waals surface area (Å²) in [6.07, 6.45) is 1.23. The zero-order valence-electron chi connectivity index (χ0n) is 10.8. The fraction of sp³-hybridized carbons (Fsp3) is 0.571. The van der Waals surface area contributed by atoms with Gasteiger partial charge in [-0.2, -0.15) is 0 Å². The smallest absolute Gasteiger partial charge is 0.0366 e. The van der Waals surface area contributed by atoms with Crippen LogP contribution in [-0.4, -0.2) is 38.1 Å². The number of anilines is 1. The Morgan fingerprint density at radius 2 is 1.62 bits per heavy atom. The van der Waals surface area contributed by atoms with Crippen molar-refractivity contribution in [3.8, 4) is 0 Å². The summed E-state index contributed by atoms with van der Waals surface area (Å²) < 4.78 is 0. The highest BCUT2D eigenvalue weighted by atomic mass is 15.2. The van der Waals surface area contributed by atoms with Crippen LogP contribution in [0.2, 0.25) is 0 Å². The number of hydrogen-bond donors (Lipinski definition) is 0. The van der Waals surface area contributed by atoms with Crippen LogP contribution >= 0.6 is 0 Å². The third-order valence-corrected chi connectivity index (χ3v) is 2.86. The van der Waals surface area contributed by atoms with Crippen LogP contribution in [0.4, 0.5) is 5.69 Å². The summed E-state index contributed by atoms with van der Waals surface area (Å²) in [6, 6.07) is 10.6. The highest BCUT2D eigenvalue weighted by Gasteiger charge is 2.04. The van der Waals surface area contributed by atoms with Crippen molar-refractivity contribution < 1.29 is 0 Å². The topological polar surface area (TPSA) is 6.48 Å². The second-order valence-corrected chi connectivity index (χ2v) is 4.22. The fourth-order valence-corrected chi connectivity index (χ4v) is 1.89. The maximum absolute atomic E-state index is 2.42. The van der Waals surface area contributed by atoms with E-state index in [0.717, 1.165) is 19.6 Å². The van der Waals surface area contributed by atoms with Crippen LogP contribution in [0.5, 0.6) is 0 Å². The lowest BCUT2D eigenvalue weighted by molar-refractivity contribution is 0.341. The molecule has 0 unspecified atom stereocenters. The van der Waals surface area contributed by atoms with Gasteiger partial charge >= 0.3 is 0 Å². The van der Waals surface area contributed by atoms with E-state index in [9.17, 15) is 0 Å². The Morgan fingerprint density at radius 1 is 0.938 bits per heavy atom. The Morgan fingerprint density at radius 3 is 2.19 bits per heavy atom. The van der Waals surface area contributed by atoms with Gasteiger partial charge in [0.1, 0.15) is 0 Å². The molecule has 90 valence electrons. The van der Waals surface area contributed by atoms with Gasteiger partial charge in [0.05, 0.1) is 0 Å². The van der Waals surface area contributed by atoms with Gasteiger partial charge in [-0.15, -0.1) is 0 Å². The third kappa shape index (κ3) is 4.23. The molecule has 0 atom stereocenters. The lowest BCUT2D eigenvalue weighted by atomic mass is 10.3. The molecule has 0 amide bonds. The molecule has 0 aromatic heterocycles. The van der Waals surface area contributed by atoms with Crippen molar-refractivity contribution in [2.75, 3.05) is 38.1 Å². The molecule has 1 aromatic carbocycles. The maximum atomic E-state index is 2.42. The number of hydrogen-bond acceptors (Lipinski definition) is 2. The summed E-state index contributed by atoms with van der Waals surface area (Å²) in [6.45, 7) is 8.95. The van der Waals surface area contributed by atoms with E-state index in [4.69, 9.17) is 0 Å². The quantitative estimate of drug-likeness (QED) is 0.697. The first-order valence-corrected chi connectivity index (χ1v) is 6.26. The molecule has 1 rings (SSSR count). The van der Waals surface area contributed by atoms with E-state index in [-0.39, 0.29) is 0 Å². The SMILES string of the molecule is CCCN(C)CCN(CC)c1ccccc1. The van der Waals surface area contributed by atoms with Crippen molar-refractivity contribution in [2.45, 2.75) is 20.3 Å². The van der Waals surface area contributed by atoms with Gasteiger partial charge in [-0.05, 0) is 39.1 Å². The highest BCUT2D eigenvalue weighted by Crippen LogP contribution is 2.12. The van der Waals surface area contributed by atoms with Gasteiger partial charge < -0.3 is 9.80 Å². The summed E-state index contributed by atoms with van der Waals surface area (Å²) in [4.78, 5) is 4.82. The number of likely N-dealkylation sites (N-methyl/N-ethyl adjacent to an activating group) is 2. The Bertz CT molecular complexity index is 271. The molecule has 0 fully saturated rings. The molecule has 0 saturated heterocycles. The van der Waals surface area contributed by atoms with E-state index in [1.807, 2.05) is 0 Å². The second kappa shape index (κ2) is 7.29. The number of nitrogens with zero attached hydrogens (tertiary/aromatic N) is 2. The van der Waals surface area contributed by atoms with Crippen molar-refractivity contribution in [1.29, 1.82) is 0 Å². The average Bonchev–Trinajstić information content (AvgIpc) is 2.31. The third-order valence-electron chi connectivity index (χ3n) is 2.86. The van der Waals surface area contributed by atoms with Crippen molar-refractivity contribution in [3.05, 3.63) is 30.3 Å². The molecule has 0 aliphatic heterocycles. The highest BCUT2D eigenvalue weighted by molar-refractivity contribution is 5.45. The van der Waals surface area contributed by atoms with Gasteiger partial charge in [0, 0.05) is 25.3 Å². The molecule has 0 aliphatic carbocycles. The number of benzene rings is 1. The molecule has 2 nitrogen and oxygen atoms in total. The van der Waals surface area contributed by atoms with Crippen LogP contribution in [0.1, 0.15) is 20.3 Å². The lowest BCUT2D eigenvalue weighted by Crippen LogP contribution is -2.33. The van der Waals surface area contributed by atoms with Crippen molar-refractivity contribution in [2.24, 2.45) is 0 Å². The molecular weight excluding hydrogens is 196 g/mol. The zero-order chi connectivity index (χ0) is 11.8. The molecule has 0 N–H and O–H groups in total.